The van der Waals surface area contributed by atoms with E-state index in [0.717, 1.165) is 11.1 Å². The van der Waals surface area contributed by atoms with Crippen LogP contribution in [-0.2, 0) is 16.0 Å². The van der Waals surface area contributed by atoms with Crippen LogP contribution in [0.2, 0.25) is 0 Å². The van der Waals surface area contributed by atoms with E-state index in [1.165, 1.54) is 12.0 Å². The van der Waals surface area contributed by atoms with E-state index < -0.39 is 0 Å². The first-order valence-corrected chi connectivity index (χ1v) is 10.3. The van der Waals surface area contributed by atoms with Crippen molar-refractivity contribution in [3.05, 3.63) is 65.9 Å². The van der Waals surface area contributed by atoms with Crippen molar-refractivity contribution in [2.24, 2.45) is 0 Å². The van der Waals surface area contributed by atoms with Gasteiger partial charge in [0.1, 0.15) is 0 Å². The van der Waals surface area contributed by atoms with E-state index in [4.69, 9.17) is 10.2 Å². The Morgan fingerprint density at radius 2 is 1.62 bits per heavy atom. The van der Waals surface area contributed by atoms with Crippen molar-refractivity contribution in [2.45, 2.75) is 6.42 Å². The molecule has 0 aliphatic rings. The van der Waals surface area contributed by atoms with Crippen molar-refractivity contribution in [2.75, 3.05) is 26.9 Å². The molecule has 0 saturated carbocycles. The maximum absolute atomic E-state index is 12.1. The van der Waals surface area contributed by atoms with Crippen LogP contribution >= 0.6 is 0 Å². The summed E-state index contributed by atoms with van der Waals surface area (Å²) in [5.41, 5.74) is 9.63. The molecule has 10 heteroatoms. The third-order valence-electron chi connectivity index (χ3n) is 5.04. The van der Waals surface area contributed by atoms with Crippen LogP contribution < -0.4 is 5.73 Å². The van der Waals surface area contributed by atoms with E-state index in [9.17, 15) is 9.59 Å². The van der Waals surface area contributed by atoms with Crippen molar-refractivity contribution in [3.8, 4) is 34.3 Å². The molecule has 10 nitrogen and oxygen atoms in total. The smallest absolute Gasteiger partial charge is 0.309 e. The van der Waals surface area contributed by atoms with Gasteiger partial charge >= 0.3 is 5.97 Å². The summed E-state index contributed by atoms with van der Waals surface area (Å²) in [6.45, 7) is 0. The number of carbonyl (C=O) groups is 2. The number of nitrogen functional groups attached to an aromatic ring is 1. The molecular weight excluding hydrogens is 436 g/mol. The molecule has 172 valence electrons. The zero-order chi connectivity index (χ0) is 24.2. The first kappa shape index (κ1) is 22.6. The van der Waals surface area contributed by atoms with E-state index in [0.29, 0.717) is 16.8 Å². The van der Waals surface area contributed by atoms with Gasteiger partial charge in [0.05, 0.1) is 25.4 Å². The van der Waals surface area contributed by atoms with Crippen molar-refractivity contribution in [3.63, 3.8) is 0 Å². The maximum Gasteiger partial charge on any atom is 0.309 e. The Bertz CT molecular complexity index is 1330. The van der Waals surface area contributed by atoms with Crippen LogP contribution in [0.4, 0.5) is 5.82 Å². The largest absolute Gasteiger partial charge is 0.469 e. The lowest BCUT2D eigenvalue weighted by atomic mass is 10.1. The van der Waals surface area contributed by atoms with Gasteiger partial charge in [-0.1, -0.05) is 24.3 Å². The maximum atomic E-state index is 12.1. The van der Waals surface area contributed by atoms with Gasteiger partial charge in [-0.25, -0.2) is 9.97 Å². The molecule has 0 fully saturated rings. The third-order valence-corrected chi connectivity index (χ3v) is 5.04. The number of esters is 1. The fourth-order valence-electron chi connectivity index (χ4n) is 3.18. The highest BCUT2D eigenvalue weighted by Crippen LogP contribution is 2.28. The Labute approximate surface area is 195 Å². The average molecular weight is 458 g/mol. The van der Waals surface area contributed by atoms with Crippen LogP contribution in [0.5, 0.6) is 0 Å². The molecule has 34 heavy (non-hydrogen) atoms. The molecule has 2 aromatic heterocycles. The van der Waals surface area contributed by atoms with Crippen LogP contribution in [0.25, 0.3) is 34.3 Å². The standard InChI is InChI=1S/C24H22N6O4/c1-30(2)24(32)17-10-8-15(9-11-17)18-13-26-21(25)20(27-18)23-29-28-22(34-23)16-6-4-14(5-7-16)12-19(31)33-3/h4-11,13H,12H2,1-3H3,(H2,25,26). The van der Waals surface area contributed by atoms with Crippen LogP contribution in [0.15, 0.2) is 59.1 Å². The van der Waals surface area contributed by atoms with Crippen LogP contribution in [0.1, 0.15) is 15.9 Å². The highest BCUT2D eigenvalue weighted by Gasteiger charge is 2.17. The second-order valence-electron chi connectivity index (χ2n) is 7.63. The molecule has 0 aliphatic carbocycles. The molecule has 0 saturated heterocycles. The van der Waals surface area contributed by atoms with Gasteiger partial charge in [0.15, 0.2) is 11.5 Å². The van der Waals surface area contributed by atoms with Crippen molar-refractivity contribution < 1.29 is 18.7 Å². The quantitative estimate of drug-likeness (QED) is 0.432. The highest BCUT2D eigenvalue weighted by molar-refractivity contribution is 5.94. The van der Waals surface area contributed by atoms with Gasteiger partial charge in [-0.2, -0.15) is 0 Å². The second-order valence-corrected chi connectivity index (χ2v) is 7.63. The summed E-state index contributed by atoms with van der Waals surface area (Å²) in [4.78, 5) is 33.8. The van der Waals surface area contributed by atoms with Gasteiger partial charge in [0.2, 0.25) is 5.89 Å². The highest BCUT2D eigenvalue weighted by atomic mass is 16.5. The number of methoxy groups -OCH3 is 1. The van der Waals surface area contributed by atoms with Crippen LogP contribution in [0.3, 0.4) is 0 Å². The van der Waals surface area contributed by atoms with E-state index >= 15 is 0 Å². The number of hydrogen-bond donors (Lipinski definition) is 1. The number of nitrogens with two attached hydrogens (primary N) is 1. The second kappa shape index (κ2) is 9.49. The summed E-state index contributed by atoms with van der Waals surface area (Å²) >= 11 is 0. The molecular formula is C24H22N6O4. The summed E-state index contributed by atoms with van der Waals surface area (Å²) in [5, 5.41) is 8.16. The van der Waals surface area contributed by atoms with Crippen molar-refractivity contribution in [1.29, 1.82) is 0 Å². The zero-order valence-corrected chi connectivity index (χ0v) is 18.8. The molecule has 0 radical (unpaired) electrons. The number of hydrogen-bond acceptors (Lipinski definition) is 9. The Hall–Kier alpha value is -4.60. The Kier molecular flexibility index (Phi) is 6.30. The minimum Gasteiger partial charge on any atom is -0.469 e. The van der Waals surface area contributed by atoms with Gasteiger partial charge < -0.3 is 19.8 Å². The number of amides is 1. The van der Waals surface area contributed by atoms with Crippen molar-refractivity contribution >= 4 is 17.7 Å². The molecule has 4 aromatic rings. The molecule has 2 heterocycles. The Balaban J connectivity index is 1.58. The number of nitrogens with zero attached hydrogens (tertiary/aromatic N) is 5. The van der Waals surface area contributed by atoms with Gasteiger partial charge in [0.25, 0.3) is 11.8 Å². The lowest BCUT2D eigenvalue weighted by molar-refractivity contribution is -0.139. The summed E-state index contributed by atoms with van der Waals surface area (Å²) in [7, 11) is 4.74. The van der Waals surface area contributed by atoms with E-state index in [-0.39, 0.29) is 41.6 Å². The first-order chi connectivity index (χ1) is 16.4. The Morgan fingerprint density at radius 3 is 2.26 bits per heavy atom. The lowest BCUT2D eigenvalue weighted by Gasteiger charge is -2.10. The molecule has 1 amide bonds. The van der Waals surface area contributed by atoms with Gasteiger partial charge in [0, 0.05) is 30.8 Å². The van der Waals surface area contributed by atoms with Crippen LogP contribution in [0, 0.1) is 0 Å². The molecule has 0 aliphatic heterocycles. The van der Waals surface area contributed by atoms with Crippen LogP contribution in [-0.4, -0.2) is 58.1 Å². The Morgan fingerprint density at radius 1 is 0.971 bits per heavy atom. The predicted molar refractivity (Wildman–Crippen MR) is 124 cm³/mol. The first-order valence-electron chi connectivity index (χ1n) is 10.3. The molecule has 4 rings (SSSR count). The third kappa shape index (κ3) is 4.75. The minimum atomic E-state index is -0.319. The monoisotopic (exact) mass is 458 g/mol. The number of aromatic nitrogens is 4. The lowest BCUT2D eigenvalue weighted by Crippen LogP contribution is -2.21. The van der Waals surface area contributed by atoms with E-state index in [2.05, 4.69) is 24.9 Å². The number of carbonyl (C=O) groups excluding carboxylic acids is 2. The summed E-state index contributed by atoms with van der Waals surface area (Å²) in [6.07, 6.45) is 1.72. The van der Waals surface area contributed by atoms with Gasteiger partial charge in [-0.15, -0.1) is 10.2 Å². The summed E-state index contributed by atoms with van der Waals surface area (Å²) in [6, 6.07) is 14.2. The molecule has 0 bridgehead atoms. The fraction of sp³-hybridized carbons (Fsp3) is 0.167. The molecule has 2 aromatic carbocycles. The molecule has 2 N–H and O–H groups in total. The van der Waals surface area contributed by atoms with E-state index in [1.807, 2.05) is 0 Å². The zero-order valence-electron chi connectivity index (χ0n) is 18.8. The predicted octanol–water partition coefficient (Wildman–Crippen LogP) is 2.86. The van der Waals surface area contributed by atoms with E-state index in [1.54, 1.807) is 68.8 Å². The SMILES string of the molecule is COC(=O)Cc1ccc(-c2nnc(-c3nc(-c4ccc(C(=O)N(C)C)cc4)cnc3N)o2)cc1. The normalized spacial score (nSPS) is 10.7. The van der Waals surface area contributed by atoms with Crippen molar-refractivity contribution in [1.82, 2.24) is 25.1 Å². The number of ether oxygens (including phenoxy) is 1. The molecule has 0 spiro atoms. The molecule has 0 unspecified atom stereocenters. The molecule has 0 atom stereocenters. The fourth-order valence-corrected chi connectivity index (χ4v) is 3.18. The average Bonchev–Trinajstić information content (AvgIpc) is 3.34. The number of rotatable bonds is 6. The number of anilines is 1. The minimum absolute atomic E-state index is 0.0904. The summed E-state index contributed by atoms with van der Waals surface area (Å²) in [5.74, 6) is 0.137. The topological polar surface area (TPSA) is 137 Å². The van der Waals surface area contributed by atoms with Gasteiger partial charge in [-0.05, 0) is 29.8 Å². The summed E-state index contributed by atoms with van der Waals surface area (Å²) < 4.78 is 10.5. The number of benzene rings is 2. The van der Waals surface area contributed by atoms with Gasteiger partial charge in [-0.3, -0.25) is 9.59 Å².